The van der Waals surface area contributed by atoms with Crippen molar-refractivity contribution in [3.05, 3.63) is 68.6 Å². The molecule has 0 unspecified atom stereocenters. The number of fused-ring (bicyclic) bond motifs is 1. The van der Waals surface area contributed by atoms with Crippen LogP contribution in [0.15, 0.2) is 41.3 Å². The van der Waals surface area contributed by atoms with Crippen LogP contribution in [0.5, 0.6) is 0 Å². The van der Waals surface area contributed by atoms with E-state index in [-0.39, 0.29) is 11.1 Å². The first-order valence-corrected chi connectivity index (χ1v) is 7.53. The van der Waals surface area contributed by atoms with E-state index in [4.69, 9.17) is 11.6 Å². The van der Waals surface area contributed by atoms with Gasteiger partial charge >= 0.3 is 0 Å². The van der Waals surface area contributed by atoms with Gasteiger partial charge in [-0.3, -0.25) is 9.20 Å². The van der Waals surface area contributed by atoms with Gasteiger partial charge in [0.1, 0.15) is 11.5 Å². The minimum atomic E-state index is -0.391. The van der Waals surface area contributed by atoms with Crippen molar-refractivity contribution in [1.29, 1.82) is 0 Å². The Morgan fingerprint density at radius 2 is 2.04 bits per heavy atom. The molecule has 3 rings (SSSR count). The molecule has 2 aromatic heterocycles. The number of nitrogens with one attached hydrogen (secondary N) is 1. The highest BCUT2D eigenvalue weighted by atomic mass is 35.5. The summed E-state index contributed by atoms with van der Waals surface area (Å²) >= 11 is 6.03. The zero-order valence-electron chi connectivity index (χ0n) is 12.8. The minimum Gasteiger partial charge on any atom is -0.391 e. The number of benzene rings is 1. The van der Waals surface area contributed by atoms with E-state index in [1.807, 2.05) is 32.0 Å². The predicted octanol–water partition coefficient (Wildman–Crippen LogP) is 3.20. The lowest BCUT2D eigenvalue weighted by Gasteiger charge is -2.12. The number of halogens is 1. The summed E-state index contributed by atoms with van der Waals surface area (Å²) in [6, 6.07) is 9.09. The highest BCUT2D eigenvalue weighted by molar-refractivity contribution is 6.31. The Balaban J connectivity index is 2.15. The second-order valence-electron chi connectivity index (χ2n) is 5.42. The van der Waals surface area contributed by atoms with Crippen LogP contribution < -0.4 is 10.9 Å². The largest absolute Gasteiger partial charge is 0.391 e. The van der Waals surface area contributed by atoms with Crippen LogP contribution in [0.3, 0.4) is 0 Å². The highest BCUT2D eigenvalue weighted by Crippen LogP contribution is 2.23. The molecule has 0 aliphatic rings. The van der Waals surface area contributed by atoms with Crippen LogP contribution in [-0.2, 0) is 6.61 Å². The van der Waals surface area contributed by atoms with Gasteiger partial charge in [-0.15, -0.1) is 0 Å². The third-order valence-electron chi connectivity index (χ3n) is 3.66. The summed E-state index contributed by atoms with van der Waals surface area (Å²) in [7, 11) is 0. The fraction of sp³-hybridized carbons (Fsp3) is 0.176. The third kappa shape index (κ3) is 2.93. The Morgan fingerprint density at radius 3 is 2.74 bits per heavy atom. The Bertz CT molecular complexity index is 950. The molecule has 0 aliphatic heterocycles. The van der Waals surface area contributed by atoms with E-state index >= 15 is 0 Å². The number of hydrogen-bond donors (Lipinski definition) is 2. The molecule has 1 aromatic carbocycles. The van der Waals surface area contributed by atoms with Crippen molar-refractivity contribution in [2.24, 2.45) is 0 Å². The maximum absolute atomic E-state index is 12.5. The van der Waals surface area contributed by atoms with Crippen LogP contribution in [0.4, 0.5) is 11.5 Å². The average Bonchev–Trinajstić information content (AvgIpc) is 2.51. The number of aliphatic hydroxyl groups is 1. The smallest absolute Gasteiger partial charge is 0.265 e. The molecule has 2 heterocycles. The van der Waals surface area contributed by atoms with E-state index < -0.39 is 6.61 Å². The van der Waals surface area contributed by atoms with Gasteiger partial charge in [0, 0.05) is 16.9 Å². The predicted molar refractivity (Wildman–Crippen MR) is 91.6 cm³/mol. The molecule has 0 saturated carbocycles. The van der Waals surface area contributed by atoms with Crippen LogP contribution >= 0.6 is 11.6 Å². The second-order valence-corrected chi connectivity index (χ2v) is 5.83. The van der Waals surface area contributed by atoms with E-state index in [1.54, 1.807) is 18.3 Å². The van der Waals surface area contributed by atoms with Crippen molar-refractivity contribution in [3.63, 3.8) is 0 Å². The highest BCUT2D eigenvalue weighted by Gasteiger charge is 2.12. The fourth-order valence-electron chi connectivity index (χ4n) is 2.38. The van der Waals surface area contributed by atoms with Crippen molar-refractivity contribution in [2.45, 2.75) is 20.5 Å². The van der Waals surface area contributed by atoms with Gasteiger partial charge in [0.2, 0.25) is 0 Å². The van der Waals surface area contributed by atoms with Crippen molar-refractivity contribution in [2.75, 3.05) is 5.32 Å². The topological polar surface area (TPSA) is 66.6 Å². The number of aryl methyl sites for hydroxylation is 2. The number of hydrogen-bond acceptors (Lipinski definition) is 4. The molecule has 0 radical (unpaired) electrons. The molecule has 0 spiro atoms. The zero-order valence-corrected chi connectivity index (χ0v) is 13.6. The third-order valence-corrected chi connectivity index (χ3v) is 4.08. The van der Waals surface area contributed by atoms with Crippen LogP contribution in [-0.4, -0.2) is 14.5 Å². The van der Waals surface area contributed by atoms with E-state index in [0.29, 0.717) is 16.5 Å². The quantitative estimate of drug-likeness (QED) is 0.774. The van der Waals surface area contributed by atoms with E-state index in [9.17, 15) is 9.90 Å². The van der Waals surface area contributed by atoms with Crippen LogP contribution in [0.2, 0.25) is 5.02 Å². The second kappa shape index (κ2) is 6.02. The standard InChI is InChI=1S/C17H16ClN3O2/c1-10-5-6-21-15(7-10)20-16(13(9-22)17(21)23)19-12-3-4-14(18)11(2)8-12/h3-8,19,22H,9H2,1-2H3. The molecule has 0 atom stereocenters. The van der Waals surface area contributed by atoms with Crippen LogP contribution in [0.1, 0.15) is 16.7 Å². The summed E-state index contributed by atoms with van der Waals surface area (Å²) in [4.78, 5) is 17.0. The molecule has 0 aliphatic carbocycles. The first-order chi connectivity index (χ1) is 11.0. The SMILES string of the molecule is Cc1ccn2c(=O)c(CO)c(Nc3ccc(Cl)c(C)c3)nc2c1. The van der Waals surface area contributed by atoms with Gasteiger partial charge in [0.05, 0.1) is 12.2 Å². The monoisotopic (exact) mass is 329 g/mol. The summed E-state index contributed by atoms with van der Waals surface area (Å²) in [5.74, 6) is 0.352. The number of aromatic nitrogens is 2. The van der Waals surface area contributed by atoms with Crippen molar-refractivity contribution < 1.29 is 5.11 Å². The molecule has 0 saturated heterocycles. The normalized spacial score (nSPS) is 11.0. The summed E-state index contributed by atoms with van der Waals surface area (Å²) in [6.45, 7) is 3.44. The molecule has 0 fully saturated rings. The molecular formula is C17H16ClN3O2. The number of anilines is 2. The molecule has 23 heavy (non-hydrogen) atoms. The van der Waals surface area contributed by atoms with Gasteiger partial charge in [-0.1, -0.05) is 11.6 Å². The summed E-state index contributed by atoms with van der Waals surface area (Å²) in [5, 5.41) is 13.3. The van der Waals surface area contributed by atoms with Crippen molar-refractivity contribution >= 4 is 28.8 Å². The van der Waals surface area contributed by atoms with Crippen LogP contribution in [0, 0.1) is 13.8 Å². The minimum absolute atomic E-state index is 0.221. The molecule has 5 nitrogen and oxygen atoms in total. The molecule has 3 aromatic rings. The molecule has 118 valence electrons. The lowest BCUT2D eigenvalue weighted by molar-refractivity contribution is 0.280. The van der Waals surface area contributed by atoms with Crippen molar-refractivity contribution in [3.8, 4) is 0 Å². The number of nitrogens with zero attached hydrogens (tertiary/aromatic N) is 2. The van der Waals surface area contributed by atoms with E-state index in [1.165, 1.54) is 4.40 Å². The van der Waals surface area contributed by atoms with E-state index in [2.05, 4.69) is 10.3 Å². The van der Waals surface area contributed by atoms with Gasteiger partial charge in [-0.05, 0) is 55.3 Å². The first kappa shape index (κ1) is 15.5. The Morgan fingerprint density at radius 1 is 1.26 bits per heavy atom. The van der Waals surface area contributed by atoms with Gasteiger partial charge in [0.25, 0.3) is 5.56 Å². The van der Waals surface area contributed by atoms with Gasteiger partial charge in [-0.2, -0.15) is 0 Å². The van der Waals surface area contributed by atoms with Crippen molar-refractivity contribution in [1.82, 2.24) is 9.38 Å². The van der Waals surface area contributed by atoms with Gasteiger partial charge < -0.3 is 10.4 Å². The zero-order chi connectivity index (χ0) is 16.6. The fourth-order valence-corrected chi connectivity index (χ4v) is 2.50. The number of rotatable bonds is 3. The average molecular weight is 330 g/mol. The maximum Gasteiger partial charge on any atom is 0.265 e. The number of pyridine rings is 1. The summed E-state index contributed by atoms with van der Waals surface area (Å²) < 4.78 is 1.43. The maximum atomic E-state index is 12.5. The Hall–Kier alpha value is -2.37. The molecule has 0 amide bonds. The summed E-state index contributed by atoms with van der Waals surface area (Å²) in [5.41, 5.74) is 3.13. The first-order valence-electron chi connectivity index (χ1n) is 7.15. The molecule has 0 bridgehead atoms. The van der Waals surface area contributed by atoms with E-state index in [0.717, 1.165) is 16.8 Å². The lowest BCUT2D eigenvalue weighted by Crippen LogP contribution is -2.22. The number of aliphatic hydroxyl groups excluding tert-OH is 1. The summed E-state index contributed by atoms with van der Waals surface area (Å²) in [6.07, 6.45) is 1.66. The Kier molecular flexibility index (Phi) is 4.07. The molecule has 2 N–H and O–H groups in total. The van der Waals surface area contributed by atoms with Gasteiger partial charge in [-0.25, -0.2) is 4.98 Å². The lowest BCUT2D eigenvalue weighted by atomic mass is 10.2. The van der Waals surface area contributed by atoms with Crippen LogP contribution in [0.25, 0.3) is 5.65 Å². The Labute approximate surface area is 138 Å². The van der Waals surface area contributed by atoms with Gasteiger partial charge in [0.15, 0.2) is 0 Å². The molecular weight excluding hydrogens is 314 g/mol. The molecule has 6 heteroatoms.